The summed E-state index contributed by atoms with van der Waals surface area (Å²) in [6, 6.07) is 15.8. The van der Waals surface area contributed by atoms with Crippen molar-refractivity contribution in [3.8, 4) is 6.07 Å². The summed E-state index contributed by atoms with van der Waals surface area (Å²) in [5.74, 6) is 1.39. The fraction of sp³-hybridized carbons (Fsp3) is 0.417. The maximum atomic E-state index is 13.4. The van der Waals surface area contributed by atoms with Crippen molar-refractivity contribution in [1.82, 2.24) is 19.5 Å². The number of carbonyl (C=O) groups is 1. The van der Waals surface area contributed by atoms with E-state index in [-0.39, 0.29) is 11.9 Å². The van der Waals surface area contributed by atoms with Gasteiger partial charge in [-0.05, 0) is 64.0 Å². The fourth-order valence-electron chi connectivity index (χ4n) is 4.32. The number of rotatable bonds is 6. The van der Waals surface area contributed by atoms with Crippen LogP contribution < -0.4 is 4.90 Å². The van der Waals surface area contributed by atoms with Crippen LogP contribution in [0, 0.1) is 18.3 Å². The molecule has 1 amide bonds. The summed E-state index contributed by atoms with van der Waals surface area (Å²) in [5.41, 5.74) is 2.87. The smallest absolute Gasteiger partial charge is 0.244 e. The van der Waals surface area contributed by atoms with Crippen molar-refractivity contribution < 1.29 is 4.79 Å². The lowest BCUT2D eigenvalue weighted by Crippen LogP contribution is -2.50. The number of pyridine rings is 1. The molecular weight excluding hydrogens is 388 g/mol. The Hall–Kier alpha value is -3.24. The van der Waals surface area contributed by atoms with E-state index in [1.807, 2.05) is 62.5 Å². The van der Waals surface area contributed by atoms with Gasteiger partial charge in [0.15, 0.2) is 5.65 Å². The van der Waals surface area contributed by atoms with Crippen molar-refractivity contribution in [3.05, 3.63) is 60.0 Å². The van der Waals surface area contributed by atoms with Gasteiger partial charge in [-0.1, -0.05) is 23.8 Å². The number of amides is 1. The van der Waals surface area contributed by atoms with Crippen LogP contribution in [0.3, 0.4) is 0 Å². The van der Waals surface area contributed by atoms with Gasteiger partial charge in [0.05, 0.1) is 18.5 Å². The Kier molecular flexibility index (Phi) is 6.28. The summed E-state index contributed by atoms with van der Waals surface area (Å²) in [7, 11) is 0. The molecule has 1 aliphatic heterocycles. The third-order valence-corrected chi connectivity index (χ3v) is 6.20. The summed E-state index contributed by atoms with van der Waals surface area (Å²) in [5, 5.41) is 17.8. The van der Waals surface area contributed by atoms with Gasteiger partial charge in [0.2, 0.25) is 5.91 Å². The molecule has 1 atom stereocenters. The number of aromatic nitrogens is 3. The lowest BCUT2D eigenvalue weighted by atomic mass is 9.95. The molecule has 31 heavy (non-hydrogen) atoms. The largest absolute Gasteiger partial charge is 0.310 e. The standard InChI is InChI=1S/C24H28N6O/c1-18-7-9-21(10-8-18)29(15-5-13-25)24(31)19(2)28-16-11-20(12-17-28)23-27-26-22-6-3-4-14-30(22)23/h3-4,6-10,14,19-20H,5,11-12,15-17H2,1-2H3. The zero-order valence-corrected chi connectivity index (χ0v) is 18.1. The van der Waals surface area contributed by atoms with Gasteiger partial charge < -0.3 is 4.90 Å². The highest BCUT2D eigenvalue weighted by molar-refractivity contribution is 5.97. The first-order valence-electron chi connectivity index (χ1n) is 10.9. The number of benzene rings is 1. The minimum absolute atomic E-state index is 0.0467. The number of nitrogens with zero attached hydrogens (tertiary/aromatic N) is 6. The molecule has 3 aromatic rings. The maximum absolute atomic E-state index is 13.4. The highest BCUT2D eigenvalue weighted by Crippen LogP contribution is 2.28. The zero-order valence-electron chi connectivity index (χ0n) is 18.1. The molecule has 2 aromatic heterocycles. The summed E-state index contributed by atoms with van der Waals surface area (Å²) >= 11 is 0. The van der Waals surface area contributed by atoms with Gasteiger partial charge in [0.25, 0.3) is 0 Å². The molecule has 0 aliphatic carbocycles. The number of hydrogen-bond acceptors (Lipinski definition) is 5. The van der Waals surface area contributed by atoms with Crippen LogP contribution in [0.2, 0.25) is 0 Å². The van der Waals surface area contributed by atoms with Crippen LogP contribution in [0.5, 0.6) is 0 Å². The number of likely N-dealkylation sites (tertiary alicyclic amines) is 1. The van der Waals surface area contributed by atoms with Crippen LogP contribution in [-0.4, -0.2) is 51.1 Å². The molecule has 4 rings (SSSR count). The van der Waals surface area contributed by atoms with Crippen molar-refractivity contribution in [2.75, 3.05) is 24.5 Å². The van der Waals surface area contributed by atoms with Gasteiger partial charge in [-0.15, -0.1) is 10.2 Å². The Labute approximate surface area is 182 Å². The van der Waals surface area contributed by atoms with Gasteiger partial charge in [-0.3, -0.25) is 14.1 Å². The molecule has 7 nitrogen and oxygen atoms in total. The molecule has 0 radical (unpaired) electrons. The third-order valence-electron chi connectivity index (χ3n) is 6.20. The van der Waals surface area contributed by atoms with Crippen molar-refractivity contribution in [2.24, 2.45) is 0 Å². The molecule has 0 bridgehead atoms. The molecule has 160 valence electrons. The minimum atomic E-state index is -0.240. The van der Waals surface area contributed by atoms with Crippen LogP contribution in [-0.2, 0) is 4.79 Å². The van der Waals surface area contributed by atoms with Gasteiger partial charge in [-0.25, -0.2) is 0 Å². The first-order chi connectivity index (χ1) is 15.1. The molecule has 0 saturated carbocycles. The van der Waals surface area contributed by atoms with Crippen molar-refractivity contribution in [2.45, 2.75) is 45.1 Å². The van der Waals surface area contributed by atoms with Crippen LogP contribution in [0.4, 0.5) is 5.69 Å². The summed E-state index contributed by atoms with van der Waals surface area (Å²) in [6.45, 7) is 6.07. The molecule has 3 heterocycles. The summed E-state index contributed by atoms with van der Waals surface area (Å²) in [4.78, 5) is 17.4. The topological polar surface area (TPSA) is 77.5 Å². The van der Waals surface area contributed by atoms with E-state index in [1.54, 1.807) is 4.90 Å². The Balaban J connectivity index is 1.44. The predicted octanol–water partition coefficient (Wildman–Crippen LogP) is 3.55. The number of carbonyl (C=O) groups excluding carboxylic acids is 1. The van der Waals surface area contributed by atoms with Crippen molar-refractivity contribution in [1.29, 1.82) is 5.26 Å². The highest BCUT2D eigenvalue weighted by atomic mass is 16.2. The third kappa shape index (κ3) is 4.44. The number of fused-ring (bicyclic) bond motifs is 1. The quantitative estimate of drug-likeness (QED) is 0.614. The van der Waals surface area contributed by atoms with Crippen molar-refractivity contribution >= 4 is 17.2 Å². The molecule has 1 fully saturated rings. The maximum Gasteiger partial charge on any atom is 0.244 e. The second-order valence-corrected chi connectivity index (χ2v) is 8.21. The van der Waals surface area contributed by atoms with Gasteiger partial charge in [0, 0.05) is 24.3 Å². The number of anilines is 1. The SMILES string of the molecule is Cc1ccc(N(CCC#N)C(=O)C(C)N2CCC(c3nnc4ccccn34)CC2)cc1. The Morgan fingerprint density at radius 3 is 2.65 bits per heavy atom. The molecule has 0 N–H and O–H groups in total. The van der Waals surface area contributed by atoms with E-state index < -0.39 is 0 Å². The number of aryl methyl sites for hydroxylation is 1. The van der Waals surface area contributed by atoms with Crippen molar-refractivity contribution in [3.63, 3.8) is 0 Å². The van der Waals surface area contributed by atoms with E-state index in [1.165, 1.54) is 0 Å². The Morgan fingerprint density at radius 2 is 1.94 bits per heavy atom. The molecular formula is C24H28N6O. The molecule has 1 aromatic carbocycles. The van der Waals surface area contributed by atoms with Crippen LogP contribution in [0.15, 0.2) is 48.7 Å². The molecule has 7 heteroatoms. The molecule has 1 aliphatic rings. The molecule has 0 spiro atoms. The molecule has 1 unspecified atom stereocenters. The normalized spacial score (nSPS) is 16.2. The van der Waals surface area contributed by atoms with Crippen LogP contribution in [0.1, 0.15) is 43.5 Å². The first-order valence-corrected chi connectivity index (χ1v) is 10.9. The molecule has 1 saturated heterocycles. The lowest BCUT2D eigenvalue weighted by molar-refractivity contribution is -0.123. The van der Waals surface area contributed by atoms with E-state index in [0.717, 1.165) is 48.7 Å². The lowest BCUT2D eigenvalue weighted by Gasteiger charge is -2.37. The average Bonchev–Trinajstić information content (AvgIpc) is 3.24. The van der Waals surface area contributed by atoms with Crippen LogP contribution >= 0.6 is 0 Å². The van der Waals surface area contributed by atoms with E-state index in [4.69, 9.17) is 5.26 Å². The Bertz CT molecular complexity index is 1080. The zero-order chi connectivity index (χ0) is 21.8. The summed E-state index contributed by atoms with van der Waals surface area (Å²) in [6.07, 6.45) is 4.21. The van der Waals surface area contributed by atoms with E-state index in [0.29, 0.717) is 18.9 Å². The van der Waals surface area contributed by atoms with Gasteiger partial charge in [0.1, 0.15) is 5.82 Å². The number of piperidine rings is 1. The number of hydrogen-bond donors (Lipinski definition) is 0. The van der Waals surface area contributed by atoms with Crippen LogP contribution in [0.25, 0.3) is 5.65 Å². The van der Waals surface area contributed by atoms with E-state index >= 15 is 0 Å². The van der Waals surface area contributed by atoms with Gasteiger partial charge >= 0.3 is 0 Å². The monoisotopic (exact) mass is 416 g/mol. The average molecular weight is 417 g/mol. The second-order valence-electron chi connectivity index (χ2n) is 8.21. The predicted molar refractivity (Wildman–Crippen MR) is 120 cm³/mol. The van der Waals surface area contributed by atoms with Gasteiger partial charge in [-0.2, -0.15) is 5.26 Å². The summed E-state index contributed by atoms with van der Waals surface area (Å²) < 4.78 is 2.07. The first kappa shape index (κ1) is 21.0. The van der Waals surface area contributed by atoms with E-state index in [2.05, 4.69) is 25.6 Å². The Morgan fingerprint density at radius 1 is 1.19 bits per heavy atom. The minimum Gasteiger partial charge on any atom is -0.310 e. The highest BCUT2D eigenvalue weighted by Gasteiger charge is 2.31. The second kappa shape index (κ2) is 9.27. The van der Waals surface area contributed by atoms with E-state index in [9.17, 15) is 4.79 Å². The fourth-order valence-corrected chi connectivity index (χ4v) is 4.32. The number of nitriles is 1.